The Morgan fingerprint density at radius 3 is 2.53 bits per heavy atom. The van der Waals surface area contributed by atoms with Crippen LogP contribution in [0.25, 0.3) is 0 Å². The van der Waals surface area contributed by atoms with E-state index in [1.54, 1.807) is 12.4 Å². The van der Waals surface area contributed by atoms with Crippen molar-refractivity contribution in [2.75, 3.05) is 31.7 Å². The van der Waals surface area contributed by atoms with Crippen molar-refractivity contribution in [3.8, 4) is 0 Å². The first-order chi connectivity index (χ1) is 8.12. The highest BCUT2D eigenvalue weighted by Crippen LogP contribution is 2.33. The van der Waals surface area contributed by atoms with Gasteiger partial charge in [-0.05, 0) is 26.9 Å². The predicted octanol–water partition coefficient (Wildman–Crippen LogP) is 1.35. The van der Waals surface area contributed by atoms with E-state index in [1.165, 1.54) is 25.7 Å². The molecule has 1 aliphatic rings. The van der Waals surface area contributed by atoms with Crippen LogP contribution in [-0.4, -0.2) is 41.0 Å². The second-order valence-corrected chi connectivity index (χ2v) is 5.01. The van der Waals surface area contributed by atoms with Crippen molar-refractivity contribution in [2.24, 2.45) is 0 Å². The van der Waals surface area contributed by atoms with Gasteiger partial charge in [0.15, 0.2) is 0 Å². The number of nitrogens with one attached hydrogen (secondary N) is 1. The van der Waals surface area contributed by atoms with Gasteiger partial charge in [0.25, 0.3) is 0 Å². The van der Waals surface area contributed by atoms with Crippen LogP contribution >= 0.6 is 0 Å². The molecule has 0 saturated heterocycles. The number of hydrogen-bond donors (Lipinski definition) is 2. The van der Waals surface area contributed by atoms with Crippen molar-refractivity contribution >= 4 is 11.6 Å². The van der Waals surface area contributed by atoms with Crippen molar-refractivity contribution in [3.63, 3.8) is 0 Å². The number of rotatable bonds is 4. The molecule has 94 valence electrons. The first-order valence-corrected chi connectivity index (χ1v) is 6.11. The van der Waals surface area contributed by atoms with Crippen molar-refractivity contribution in [1.29, 1.82) is 0 Å². The second kappa shape index (κ2) is 4.87. The molecule has 5 heteroatoms. The van der Waals surface area contributed by atoms with Crippen molar-refractivity contribution in [2.45, 2.75) is 31.2 Å². The summed E-state index contributed by atoms with van der Waals surface area (Å²) in [7, 11) is 4.31. The first-order valence-electron chi connectivity index (χ1n) is 6.11. The highest BCUT2D eigenvalue weighted by atomic mass is 15.2. The van der Waals surface area contributed by atoms with Gasteiger partial charge < -0.3 is 16.0 Å². The van der Waals surface area contributed by atoms with Gasteiger partial charge in [-0.3, -0.25) is 0 Å². The summed E-state index contributed by atoms with van der Waals surface area (Å²) >= 11 is 0. The standard InChI is InChI=1S/C12H21N5/c1-17(2)12(5-3-4-6-12)9-16-11-8-14-10(13)7-15-11/h7-8H,3-6,9H2,1-2H3,(H2,13,14)(H,15,16). The molecule has 2 rings (SSSR count). The summed E-state index contributed by atoms with van der Waals surface area (Å²) in [4.78, 5) is 10.6. The number of hydrogen-bond acceptors (Lipinski definition) is 5. The van der Waals surface area contributed by atoms with Gasteiger partial charge in [-0.2, -0.15) is 0 Å². The molecular weight excluding hydrogens is 214 g/mol. The lowest BCUT2D eigenvalue weighted by Gasteiger charge is -2.36. The van der Waals surface area contributed by atoms with Gasteiger partial charge in [0.05, 0.1) is 12.4 Å². The summed E-state index contributed by atoms with van der Waals surface area (Å²) in [6.45, 7) is 0.915. The highest BCUT2D eigenvalue weighted by Gasteiger charge is 2.35. The van der Waals surface area contributed by atoms with Crippen molar-refractivity contribution in [1.82, 2.24) is 14.9 Å². The molecule has 1 aliphatic carbocycles. The molecule has 1 saturated carbocycles. The molecule has 0 aromatic carbocycles. The van der Waals surface area contributed by atoms with Crippen LogP contribution in [0.15, 0.2) is 12.4 Å². The third-order valence-corrected chi connectivity index (χ3v) is 3.75. The lowest BCUT2D eigenvalue weighted by molar-refractivity contribution is 0.172. The molecule has 1 fully saturated rings. The quantitative estimate of drug-likeness (QED) is 0.824. The number of likely N-dealkylation sites (N-methyl/N-ethyl adjacent to an activating group) is 1. The van der Waals surface area contributed by atoms with Crippen LogP contribution in [0.1, 0.15) is 25.7 Å². The Bertz CT molecular complexity index is 354. The monoisotopic (exact) mass is 235 g/mol. The summed E-state index contributed by atoms with van der Waals surface area (Å²) in [6.07, 6.45) is 8.39. The first kappa shape index (κ1) is 12.1. The smallest absolute Gasteiger partial charge is 0.144 e. The third-order valence-electron chi connectivity index (χ3n) is 3.75. The lowest BCUT2D eigenvalue weighted by atomic mass is 9.96. The molecule has 0 atom stereocenters. The van der Waals surface area contributed by atoms with Gasteiger partial charge in [-0.25, -0.2) is 9.97 Å². The number of nitrogens with two attached hydrogens (primary N) is 1. The van der Waals surface area contributed by atoms with E-state index in [0.29, 0.717) is 5.82 Å². The minimum absolute atomic E-state index is 0.267. The Morgan fingerprint density at radius 2 is 2.00 bits per heavy atom. The van der Waals surface area contributed by atoms with Crippen LogP contribution in [0.2, 0.25) is 0 Å². The number of nitrogens with zero attached hydrogens (tertiary/aromatic N) is 3. The molecule has 5 nitrogen and oxygen atoms in total. The average Bonchev–Trinajstić information content (AvgIpc) is 2.78. The summed E-state index contributed by atoms with van der Waals surface area (Å²) in [5.74, 6) is 1.26. The van der Waals surface area contributed by atoms with Gasteiger partial charge >= 0.3 is 0 Å². The lowest BCUT2D eigenvalue weighted by Crippen LogP contribution is -2.47. The average molecular weight is 235 g/mol. The highest BCUT2D eigenvalue weighted by molar-refractivity contribution is 5.36. The Kier molecular flexibility index (Phi) is 3.47. The molecule has 1 aromatic rings. The molecular formula is C12H21N5. The van der Waals surface area contributed by atoms with E-state index in [-0.39, 0.29) is 5.54 Å². The molecule has 0 bridgehead atoms. The van der Waals surface area contributed by atoms with Crippen LogP contribution in [0, 0.1) is 0 Å². The van der Waals surface area contributed by atoms with Crippen molar-refractivity contribution in [3.05, 3.63) is 12.4 Å². The Balaban J connectivity index is 1.98. The van der Waals surface area contributed by atoms with E-state index in [2.05, 4.69) is 34.3 Å². The van der Waals surface area contributed by atoms with E-state index >= 15 is 0 Å². The normalized spacial score (nSPS) is 18.5. The van der Waals surface area contributed by atoms with E-state index < -0.39 is 0 Å². The Hall–Kier alpha value is -1.36. The maximum Gasteiger partial charge on any atom is 0.144 e. The molecule has 0 aliphatic heterocycles. The number of aromatic nitrogens is 2. The topological polar surface area (TPSA) is 67.1 Å². The molecule has 17 heavy (non-hydrogen) atoms. The Labute approximate surface area is 102 Å². The SMILES string of the molecule is CN(C)C1(CNc2cnc(N)cn2)CCCC1. The zero-order valence-electron chi connectivity index (χ0n) is 10.6. The van der Waals surface area contributed by atoms with Crippen LogP contribution in [-0.2, 0) is 0 Å². The predicted molar refractivity (Wildman–Crippen MR) is 69.8 cm³/mol. The maximum atomic E-state index is 5.51. The number of anilines is 2. The summed E-state index contributed by atoms with van der Waals surface area (Å²) < 4.78 is 0. The van der Waals surface area contributed by atoms with Crippen LogP contribution in [0.5, 0.6) is 0 Å². The minimum Gasteiger partial charge on any atom is -0.382 e. The van der Waals surface area contributed by atoms with E-state index in [0.717, 1.165) is 12.4 Å². The van der Waals surface area contributed by atoms with Gasteiger partial charge in [0.1, 0.15) is 11.6 Å². The van der Waals surface area contributed by atoms with Gasteiger partial charge in [0.2, 0.25) is 0 Å². The molecule has 0 amide bonds. The second-order valence-electron chi connectivity index (χ2n) is 5.01. The van der Waals surface area contributed by atoms with E-state index in [4.69, 9.17) is 5.73 Å². The fourth-order valence-electron chi connectivity index (χ4n) is 2.50. The molecule has 1 heterocycles. The van der Waals surface area contributed by atoms with Gasteiger partial charge in [-0.15, -0.1) is 0 Å². The van der Waals surface area contributed by atoms with Crippen LogP contribution < -0.4 is 11.1 Å². The molecule has 0 radical (unpaired) electrons. The molecule has 1 aromatic heterocycles. The molecule has 0 unspecified atom stereocenters. The van der Waals surface area contributed by atoms with Crippen LogP contribution in [0.4, 0.5) is 11.6 Å². The fraction of sp³-hybridized carbons (Fsp3) is 0.667. The number of nitrogen functional groups attached to an aromatic ring is 1. The summed E-state index contributed by atoms with van der Waals surface area (Å²) in [5, 5.41) is 3.37. The summed E-state index contributed by atoms with van der Waals surface area (Å²) in [6, 6.07) is 0. The van der Waals surface area contributed by atoms with E-state index in [1.807, 2.05) is 0 Å². The zero-order chi connectivity index (χ0) is 12.3. The largest absolute Gasteiger partial charge is 0.382 e. The van der Waals surface area contributed by atoms with Gasteiger partial charge in [0, 0.05) is 12.1 Å². The third kappa shape index (κ3) is 2.66. The summed E-state index contributed by atoms with van der Waals surface area (Å²) in [5.41, 5.74) is 5.78. The maximum absolute atomic E-state index is 5.51. The minimum atomic E-state index is 0.267. The Morgan fingerprint density at radius 1 is 1.29 bits per heavy atom. The van der Waals surface area contributed by atoms with E-state index in [9.17, 15) is 0 Å². The zero-order valence-corrected chi connectivity index (χ0v) is 10.6. The molecule has 0 spiro atoms. The van der Waals surface area contributed by atoms with Crippen molar-refractivity contribution < 1.29 is 0 Å². The van der Waals surface area contributed by atoms with Gasteiger partial charge in [-0.1, -0.05) is 12.8 Å². The van der Waals surface area contributed by atoms with Crippen LogP contribution in [0.3, 0.4) is 0 Å². The molecule has 3 N–H and O–H groups in total. The fourth-order valence-corrected chi connectivity index (χ4v) is 2.50.